The molecule has 1 aromatic carbocycles. The van der Waals surface area contributed by atoms with Crippen LogP contribution in [0, 0.1) is 11.3 Å². The molecule has 3 aromatic rings. The molecule has 2 aromatic heterocycles. The van der Waals surface area contributed by atoms with Gasteiger partial charge in [0, 0.05) is 11.1 Å². The molecule has 0 spiro atoms. The van der Waals surface area contributed by atoms with Gasteiger partial charge in [-0.15, -0.1) is 11.3 Å². The monoisotopic (exact) mass is 379 g/mol. The molecular weight excluding hydrogens is 362 g/mol. The normalized spacial score (nSPS) is 10.6. The number of nitrogens with one attached hydrogen (secondary N) is 1. The van der Waals surface area contributed by atoms with Gasteiger partial charge in [-0.25, -0.2) is 4.79 Å². The second-order valence-electron chi connectivity index (χ2n) is 6.17. The van der Waals surface area contributed by atoms with Gasteiger partial charge in [-0.1, -0.05) is 32.0 Å². The van der Waals surface area contributed by atoms with Crippen molar-refractivity contribution < 1.29 is 14.3 Å². The Morgan fingerprint density at radius 2 is 2.07 bits per heavy atom. The third-order valence-corrected chi connectivity index (χ3v) is 4.75. The Labute approximate surface area is 160 Å². The lowest BCUT2D eigenvalue weighted by molar-refractivity contribution is -0.119. The number of hydrogen-bond acceptors (Lipinski definition) is 6. The van der Waals surface area contributed by atoms with E-state index >= 15 is 0 Å². The molecule has 2 heterocycles. The summed E-state index contributed by atoms with van der Waals surface area (Å²) < 4.78 is 5.20. The van der Waals surface area contributed by atoms with Gasteiger partial charge in [-0.05, 0) is 29.5 Å². The number of rotatable bonds is 5. The first-order chi connectivity index (χ1) is 13.0. The third kappa shape index (κ3) is 4.13. The number of carbonyl (C=O) groups excluding carboxylic acids is 2. The fourth-order valence-corrected chi connectivity index (χ4v) is 3.28. The first-order valence-corrected chi connectivity index (χ1v) is 9.21. The number of fused-ring (bicyclic) bond motifs is 1. The zero-order valence-corrected chi connectivity index (χ0v) is 15.7. The van der Waals surface area contributed by atoms with Gasteiger partial charge in [0.2, 0.25) is 0 Å². The van der Waals surface area contributed by atoms with E-state index in [4.69, 9.17) is 10.00 Å². The molecule has 0 radical (unpaired) electrons. The van der Waals surface area contributed by atoms with Gasteiger partial charge in [0.1, 0.15) is 11.1 Å². The Morgan fingerprint density at radius 1 is 1.30 bits per heavy atom. The number of ether oxygens (including phenoxy) is 1. The number of nitriles is 1. The molecule has 0 bridgehead atoms. The van der Waals surface area contributed by atoms with Gasteiger partial charge in [0.25, 0.3) is 5.91 Å². The van der Waals surface area contributed by atoms with Crippen molar-refractivity contribution in [1.29, 1.82) is 5.26 Å². The van der Waals surface area contributed by atoms with E-state index in [9.17, 15) is 9.59 Å². The Kier molecular flexibility index (Phi) is 5.48. The van der Waals surface area contributed by atoms with Gasteiger partial charge in [0.15, 0.2) is 6.61 Å². The maximum absolute atomic E-state index is 12.6. The van der Waals surface area contributed by atoms with Gasteiger partial charge in [-0.2, -0.15) is 5.26 Å². The van der Waals surface area contributed by atoms with E-state index < -0.39 is 18.5 Å². The smallest absolute Gasteiger partial charge is 0.339 e. The van der Waals surface area contributed by atoms with Crippen LogP contribution >= 0.6 is 11.3 Å². The van der Waals surface area contributed by atoms with Crippen molar-refractivity contribution in [2.75, 3.05) is 11.9 Å². The number of nitrogens with zero attached hydrogens (tertiary/aromatic N) is 2. The highest BCUT2D eigenvalue weighted by Gasteiger charge is 2.17. The lowest BCUT2D eigenvalue weighted by atomic mass is 10.0. The number of pyridine rings is 1. The van der Waals surface area contributed by atoms with E-state index in [2.05, 4.69) is 10.3 Å². The molecule has 0 aliphatic heterocycles. The van der Waals surface area contributed by atoms with Crippen LogP contribution in [0.1, 0.15) is 41.4 Å². The van der Waals surface area contributed by atoms with Crippen molar-refractivity contribution in [1.82, 2.24) is 4.98 Å². The molecule has 3 rings (SSSR count). The second kappa shape index (κ2) is 7.98. The van der Waals surface area contributed by atoms with E-state index in [-0.39, 0.29) is 5.92 Å². The van der Waals surface area contributed by atoms with Crippen LogP contribution in [0.5, 0.6) is 0 Å². The summed E-state index contributed by atoms with van der Waals surface area (Å²) in [7, 11) is 0. The van der Waals surface area contributed by atoms with Crippen molar-refractivity contribution in [2.24, 2.45) is 0 Å². The van der Waals surface area contributed by atoms with Crippen LogP contribution in [0.2, 0.25) is 0 Å². The summed E-state index contributed by atoms with van der Waals surface area (Å²) in [4.78, 5) is 29.2. The lowest BCUT2D eigenvalue weighted by Gasteiger charge is -2.11. The molecule has 0 unspecified atom stereocenters. The molecular formula is C20H17N3O3S. The first-order valence-electron chi connectivity index (χ1n) is 8.34. The minimum Gasteiger partial charge on any atom is -0.452 e. The van der Waals surface area contributed by atoms with Crippen molar-refractivity contribution in [3.8, 4) is 6.07 Å². The topological polar surface area (TPSA) is 92.1 Å². The molecule has 0 aliphatic rings. The Morgan fingerprint density at radius 3 is 2.81 bits per heavy atom. The average molecular weight is 379 g/mol. The molecule has 7 heteroatoms. The number of aromatic nitrogens is 1. The molecule has 0 aliphatic carbocycles. The quantitative estimate of drug-likeness (QED) is 0.674. The molecule has 27 heavy (non-hydrogen) atoms. The van der Waals surface area contributed by atoms with Crippen molar-refractivity contribution in [3.05, 3.63) is 58.6 Å². The van der Waals surface area contributed by atoms with E-state index in [0.29, 0.717) is 27.0 Å². The van der Waals surface area contributed by atoms with Crippen molar-refractivity contribution >= 4 is 39.1 Å². The lowest BCUT2D eigenvalue weighted by Crippen LogP contribution is -2.21. The van der Waals surface area contributed by atoms with Crippen LogP contribution < -0.4 is 5.32 Å². The van der Waals surface area contributed by atoms with E-state index in [1.165, 1.54) is 11.3 Å². The van der Waals surface area contributed by atoms with Crippen LogP contribution in [-0.4, -0.2) is 23.5 Å². The van der Waals surface area contributed by atoms with E-state index in [1.54, 1.807) is 23.6 Å². The van der Waals surface area contributed by atoms with Crippen LogP contribution in [0.15, 0.2) is 41.8 Å². The molecule has 136 valence electrons. The molecule has 0 saturated heterocycles. The summed E-state index contributed by atoms with van der Waals surface area (Å²) in [6, 6.07) is 12.6. The largest absolute Gasteiger partial charge is 0.452 e. The molecule has 0 fully saturated rings. The highest BCUT2D eigenvalue weighted by atomic mass is 32.1. The number of benzene rings is 1. The minimum absolute atomic E-state index is 0.146. The van der Waals surface area contributed by atoms with Crippen LogP contribution in [0.25, 0.3) is 10.9 Å². The highest BCUT2D eigenvalue weighted by molar-refractivity contribution is 7.14. The summed E-state index contributed by atoms with van der Waals surface area (Å²) in [5.41, 5.74) is 2.24. The average Bonchev–Trinajstić information content (AvgIpc) is 3.12. The minimum atomic E-state index is -0.586. The first kappa shape index (κ1) is 18.5. The van der Waals surface area contributed by atoms with Crippen LogP contribution in [0.4, 0.5) is 5.00 Å². The number of amides is 1. The molecule has 6 nitrogen and oxygen atoms in total. The second-order valence-corrected chi connectivity index (χ2v) is 7.08. The van der Waals surface area contributed by atoms with E-state index in [1.807, 2.05) is 38.1 Å². The summed E-state index contributed by atoms with van der Waals surface area (Å²) in [6.45, 7) is 3.55. The summed E-state index contributed by atoms with van der Waals surface area (Å²) in [5, 5.41) is 14.4. The maximum atomic E-state index is 12.6. The van der Waals surface area contributed by atoms with E-state index in [0.717, 1.165) is 5.69 Å². The van der Waals surface area contributed by atoms with Gasteiger partial charge >= 0.3 is 5.97 Å². The standard InChI is InChI=1S/C20H17N3O3S/c1-12(2)17-9-15(14-5-3-4-6-16(14)22-17)20(25)26-11-18(24)23-19-13(10-21)7-8-27-19/h3-9,12H,11H2,1-2H3,(H,23,24). The molecule has 1 N–H and O–H groups in total. The predicted octanol–water partition coefficient (Wildman–Crippen LogP) is 4.09. The van der Waals surface area contributed by atoms with Crippen molar-refractivity contribution in [3.63, 3.8) is 0 Å². The van der Waals surface area contributed by atoms with Crippen LogP contribution in [0.3, 0.4) is 0 Å². The van der Waals surface area contributed by atoms with Gasteiger partial charge < -0.3 is 10.1 Å². The molecule has 0 saturated carbocycles. The Hall–Kier alpha value is -3.24. The number of thiophene rings is 1. The fourth-order valence-electron chi connectivity index (χ4n) is 2.53. The fraction of sp³-hybridized carbons (Fsp3) is 0.200. The summed E-state index contributed by atoms with van der Waals surface area (Å²) in [5.74, 6) is -0.935. The number of esters is 1. The van der Waals surface area contributed by atoms with Crippen LogP contribution in [-0.2, 0) is 9.53 Å². The zero-order valence-electron chi connectivity index (χ0n) is 14.9. The molecule has 1 amide bonds. The SMILES string of the molecule is CC(C)c1cc(C(=O)OCC(=O)Nc2sccc2C#N)c2ccccc2n1. The Balaban J connectivity index is 1.76. The zero-order chi connectivity index (χ0) is 19.4. The number of para-hydroxylation sites is 1. The number of hydrogen-bond donors (Lipinski definition) is 1. The summed E-state index contributed by atoms with van der Waals surface area (Å²) >= 11 is 1.24. The highest BCUT2D eigenvalue weighted by Crippen LogP contribution is 2.24. The molecule has 0 atom stereocenters. The van der Waals surface area contributed by atoms with Crippen molar-refractivity contribution in [2.45, 2.75) is 19.8 Å². The van der Waals surface area contributed by atoms with Gasteiger partial charge in [0.05, 0.1) is 16.6 Å². The maximum Gasteiger partial charge on any atom is 0.339 e. The Bertz CT molecular complexity index is 1050. The predicted molar refractivity (Wildman–Crippen MR) is 104 cm³/mol. The third-order valence-electron chi connectivity index (χ3n) is 3.92. The summed E-state index contributed by atoms with van der Waals surface area (Å²) in [6.07, 6.45) is 0. The van der Waals surface area contributed by atoms with Gasteiger partial charge in [-0.3, -0.25) is 9.78 Å². The number of anilines is 1. The number of carbonyl (C=O) groups is 2.